The fourth-order valence-corrected chi connectivity index (χ4v) is 2.77. The van der Waals surface area contributed by atoms with Gasteiger partial charge in [-0.15, -0.1) is 0 Å². The summed E-state index contributed by atoms with van der Waals surface area (Å²) in [5.41, 5.74) is 6.82. The Morgan fingerprint density at radius 1 is 1.20 bits per heavy atom. The number of hydrogen-bond donors (Lipinski definition) is 2. The number of nitrogens with zero attached hydrogens (tertiary/aromatic N) is 3. The van der Waals surface area contributed by atoms with Crippen LogP contribution in [0.4, 0.5) is 13.2 Å². The molecule has 0 saturated heterocycles. The minimum absolute atomic E-state index is 0.00709. The fraction of sp³-hybridized carbons (Fsp3) is 0.300. The summed E-state index contributed by atoms with van der Waals surface area (Å²) in [6.07, 6.45) is -3.08. The number of carbonyl (C=O) groups excluding carboxylic acids is 1. The normalized spacial score (nSPS) is 13.7. The zero-order valence-corrected chi connectivity index (χ0v) is 16.5. The number of halogens is 3. The summed E-state index contributed by atoms with van der Waals surface area (Å²) in [4.78, 5) is 21.0. The van der Waals surface area contributed by atoms with E-state index < -0.39 is 24.2 Å². The van der Waals surface area contributed by atoms with Crippen LogP contribution in [0.3, 0.4) is 0 Å². The van der Waals surface area contributed by atoms with Gasteiger partial charge in [-0.05, 0) is 56.2 Å². The van der Waals surface area contributed by atoms with Crippen LogP contribution in [0.15, 0.2) is 41.1 Å². The largest absolute Gasteiger partial charge is 0.407 e. The van der Waals surface area contributed by atoms with Crippen LogP contribution < -0.4 is 11.1 Å². The molecule has 0 aliphatic carbocycles. The van der Waals surface area contributed by atoms with Gasteiger partial charge in [0.2, 0.25) is 5.89 Å². The van der Waals surface area contributed by atoms with Crippen LogP contribution in [0.25, 0.3) is 11.3 Å². The topological polar surface area (TPSA) is 107 Å². The van der Waals surface area contributed by atoms with Crippen molar-refractivity contribution < 1.29 is 22.5 Å². The van der Waals surface area contributed by atoms with E-state index in [-0.39, 0.29) is 17.0 Å². The quantitative estimate of drug-likeness (QED) is 0.651. The van der Waals surface area contributed by atoms with E-state index >= 15 is 0 Å². The average Bonchev–Trinajstić information content (AvgIpc) is 3.13. The lowest BCUT2D eigenvalue weighted by atomic mass is 9.98. The number of nitrogens with one attached hydrogen (secondary N) is 1. The molecule has 1 aromatic carbocycles. The number of hydrogen-bond acceptors (Lipinski definition) is 6. The van der Waals surface area contributed by atoms with E-state index in [1.807, 2.05) is 6.92 Å². The van der Waals surface area contributed by atoms with Gasteiger partial charge in [0, 0.05) is 17.3 Å². The van der Waals surface area contributed by atoms with Crippen molar-refractivity contribution in [2.75, 3.05) is 0 Å². The Kier molecular flexibility index (Phi) is 5.88. The highest BCUT2D eigenvalue weighted by molar-refractivity contribution is 5.95. The first-order valence-electron chi connectivity index (χ1n) is 9.06. The minimum atomic E-state index is -4.67. The molecule has 158 valence electrons. The number of rotatable bonds is 5. The summed E-state index contributed by atoms with van der Waals surface area (Å²) >= 11 is 0. The SMILES string of the molecule is Cc1ccc(-c2cc(C(=O)N[C@H](C)c3nc(C)no3)cc(C(N)C(F)(F)F)c2)nc1. The van der Waals surface area contributed by atoms with Gasteiger partial charge in [0.25, 0.3) is 5.91 Å². The molecule has 0 radical (unpaired) electrons. The molecule has 2 atom stereocenters. The number of alkyl halides is 3. The first kappa shape index (κ1) is 21.4. The van der Waals surface area contributed by atoms with Crippen LogP contribution in [0.2, 0.25) is 0 Å². The van der Waals surface area contributed by atoms with Gasteiger partial charge in [0.15, 0.2) is 5.82 Å². The maximum atomic E-state index is 13.2. The number of aromatic nitrogens is 3. The summed E-state index contributed by atoms with van der Waals surface area (Å²) in [6.45, 7) is 5.09. The lowest BCUT2D eigenvalue weighted by Gasteiger charge is -2.18. The van der Waals surface area contributed by atoms with Gasteiger partial charge in [0.1, 0.15) is 12.1 Å². The third-order valence-corrected chi connectivity index (χ3v) is 4.40. The van der Waals surface area contributed by atoms with E-state index in [2.05, 4.69) is 20.4 Å². The summed E-state index contributed by atoms with van der Waals surface area (Å²) in [5.74, 6) is -0.0238. The molecule has 3 rings (SSSR count). The van der Waals surface area contributed by atoms with Crippen molar-refractivity contribution in [3.63, 3.8) is 0 Å². The molecule has 0 aliphatic rings. The number of amides is 1. The second-order valence-electron chi connectivity index (χ2n) is 6.96. The van der Waals surface area contributed by atoms with Crippen LogP contribution in [-0.2, 0) is 0 Å². The number of nitrogens with two attached hydrogens (primary N) is 1. The average molecular weight is 419 g/mol. The summed E-state index contributed by atoms with van der Waals surface area (Å²) in [6, 6.07) is 4.43. The third-order valence-electron chi connectivity index (χ3n) is 4.40. The molecule has 3 N–H and O–H groups in total. The summed E-state index contributed by atoms with van der Waals surface area (Å²) in [7, 11) is 0. The lowest BCUT2D eigenvalue weighted by molar-refractivity contribution is -0.149. The molecular weight excluding hydrogens is 399 g/mol. The van der Waals surface area contributed by atoms with Crippen molar-refractivity contribution in [1.29, 1.82) is 0 Å². The van der Waals surface area contributed by atoms with Crippen LogP contribution in [0.1, 0.15) is 52.2 Å². The van der Waals surface area contributed by atoms with Gasteiger partial charge in [-0.1, -0.05) is 11.2 Å². The number of aryl methyl sites for hydroxylation is 2. The lowest BCUT2D eigenvalue weighted by Crippen LogP contribution is -2.30. The van der Waals surface area contributed by atoms with Crippen LogP contribution in [0.5, 0.6) is 0 Å². The van der Waals surface area contributed by atoms with Gasteiger partial charge in [-0.3, -0.25) is 9.78 Å². The highest BCUT2D eigenvalue weighted by Crippen LogP contribution is 2.33. The van der Waals surface area contributed by atoms with Crippen LogP contribution in [-0.4, -0.2) is 27.2 Å². The van der Waals surface area contributed by atoms with E-state index in [9.17, 15) is 18.0 Å². The smallest absolute Gasteiger partial charge is 0.341 e. The van der Waals surface area contributed by atoms with E-state index in [1.54, 1.807) is 32.2 Å². The van der Waals surface area contributed by atoms with E-state index in [0.717, 1.165) is 11.6 Å². The van der Waals surface area contributed by atoms with E-state index in [4.69, 9.17) is 10.3 Å². The second-order valence-corrected chi connectivity index (χ2v) is 6.96. The van der Waals surface area contributed by atoms with Crippen LogP contribution in [0, 0.1) is 13.8 Å². The Hall–Kier alpha value is -3.27. The predicted molar refractivity (Wildman–Crippen MR) is 102 cm³/mol. The van der Waals surface area contributed by atoms with Crippen molar-refractivity contribution >= 4 is 5.91 Å². The molecule has 2 aromatic heterocycles. The van der Waals surface area contributed by atoms with Crippen LogP contribution >= 0.6 is 0 Å². The molecule has 30 heavy (non-hydrogen) atoms. The predicted octanol–water partition coefficient (Wildman–Crippen LogP) is 3.80. The van der Waals surface area contributed by atoms with E-state index in [0.29, 0.717) is 17.1 Å². The molecule has 0 spiro atoms. The van der Waals surface area contributed by atoms with E-state index in [1.165, 1.54) is 12.1 Å². The zero-order valence-electron chi connectivity index (χ0n) is 16.5. The highest BCUT2D eigenvalue weighted by Gasteiger charge is 2.38. The Morgan fingerprint density at radius 2 is 1.93 bits per heavy atom. The Morgan fingerprint density at radius 3 is 2.50 bits per heavy atom. The fourth-order valence-electron chi connectivity index (χ4n) is 2.77. The van der Waals surface area contributed by atoms with Crippen molar-refractivity contribution in [1.82, 2.24) is 20.4 Å². The molecule has 1 amide bonds. The summed E-state index contributed by atoms with van der Waals surface area (Å²) < 4.78 is 44.7. The maximum absolute atomic E-state index is 13.2. The molecular formula is C20H20F3N5O2. The van der Waals surface area contributed by atoms with Crippen molar-refractivity contribution in [3.8, 4) is 11.3 Å². The molecule has 0 fully saturated rings. The molecule has 3 aromatic rings. The van der Waals surface area contributed by atoms with Gasteiger partial charge < -0.3 is 15.6 Å². The number of carbonyl (C=O) groups is 1. The Balaban J connectivity index is 1.98. The molecule has 0 saturated carbocycles. The highest BCUT2D eigenvalue weighted by atomic mass is 19.4. The van der Waals surface area contributed by atoms with Gasteiger partial charge >= 0.3 is 6.18 Å². The first-order valence-corrected chi connectivity index (χ1v) is 9.06. The van der Waals surface area contributed by atoms with Crippen molar-refractivity contribution in [2.45, 2.75) is 39.0 Å². The Bertz CT molecular complexity index is 1050. The number of pyridine rings is 1. The minimum Gasteiger partial charge on any atom is -0.341 e. The molecule has 0 bridgehead atoms. The first-order chi connectivity index (χ1) is 14.0. The maximum Gasteiger partial charge on any atom is 0.407 e. The zero-order chi connectivity index (χ0) is 22.1. The summed E-state index contributed by atoms with van der Waals surface area (Å²) in [5, 5.41) is 6.30. The van der Waals surface area contributed by atoms with Gasteiger partial charge in [-0.25, -0.2) is 0 Å². The standard InChI is InChI=1S/C20H20F3N5O2/c1-10-4-5-16(25-9-10)13-6-14(17(24)20(21,22)23)8-15(7-13)18(29)26-11(2)19-27-12(3)28-30-19/h4-9,11,17H,24H2,1-3H3,(H,26,29)/t11-,17?/m1/s1. The van der Waals surface area contributed by atoms with Gasteiger partial charge in [0.05, 0.1) is 5.69 Å². The molecule has 7 nitrogen and oxygen atoms in total. The third kappa shape index (κ3) is 4.82. The van der Waals surface area contributed by atoms with Gasteiger partial charge in [-0.2, -0.15) is 18.2 Å². The molecule has 1 unspecified atom stereocenters. The monoisotopic (exact) mass is 419 g/mol. The Labute approximate surface area is 170 Å². The molecule has 2 heterocycles. The second kappa shape index (κ2) is 8.23. The van der Waals surface area contributed by atoms with Crippen molar-refractivity contribution in [3.05, 3.63) is 64.9 Å². The molecule has 0 aliphatic heterocycles. The number of benzene rings is 1. The van der Waals surface area contributed by atoms with Crippen molar-refractivity contribution in [2.24, 2.45) is 5.73 Å². The molecule has 10 heteroatoms.